The molecule has 8 nitrogen and oxygen atoms in total. The van der Waals surface area contributed by atoms with Gasteiger partial charge in [0.1, 0.15) is 5.69 Å². The number of benzene rings is 1. The van der Waals surface area contributed by atoms with E-state index < -0.39 is 0 Å². The lowest BCUT2D eigenvalue weighted by Gasteiger charge is -2.30. The summed E-state index contributed by atoms with van der Waals surface area (Å²) in [6.45, 7) is 0. The topological polar surface area (TPSA) is 111 Å². The number of anilines is 2. The fourth-order valence-corrected chi connectivity index (χ4v) is 4.76. The Morgan fingerprint density at radius 1 is 1.12 bits per heavy atom. The van der Waals surface area contributed by atoms with Gasteiger partial charge in [0.25, 0.3) is 5.91 Å². The highest BCUT2D eigenvalue weighted by atomic mass is 35.5. The Kier molecular flexibility index (Phi) is 6.06. The van der Waals surface area contributed by atoms with Crippen molar-refractivity contribution in [3.63, 3.8) is 0 Å². The van der Waals surface area contributed by atoms with Crippen LogP contribution in [0.15, 0.2) is 55.0 Å². The largest absolute Gasteiger partial charge is 0.397 e. The molecule has 1 aliphatic rings. The van der Waals surface area contributed by atoms with Gasteiger partial charge in [0.15, 0.2) is 0 Å². The van der Waals surface area contributed by atoms with Crippen molar-refractivity contribution in [2.75, 3.05) is 11.1 Å². The van der Waals surface area contributed by atoms with Crippen LogP contribution in [0.25, 0.3) is 22.2 Å². The van der Waals surface area contributed by atoms with Gasteiger partial charge < -0.3 is 20.9 Å². The normalized spacial score (nSPS) is 18.1. The molecule has 0 aliphatic heterocycles. The lowest BCUT2D eigenvalue weighted by atomic mass is 9.91. The summed E-state index contributed by atoms with van der Waals surface area (Å²) in [5, 5.41) is 8.14. The summed E-state index contributed by atoms with van der Waals surface area (Å²) in [6.07, 6.45) is 8.81. The van der Waals surface area contributed by atoms with Gasteiger partial charge >= 0.3 is 0 Å². The smallest absolute Gasteiger partial charge is 0.270 e. The van der Waals surface area contributed by atoms with Gasteiger partial charge in [-0.15, -0.1) is 0 Å². The fraction of sp³-hybridized carbons (Fsp3) is 0.280. The van der Waals surface area contributed by atoms with Crippen molar-refractivity contribution in [1.82, 2.24) is 24.8 Å². The standard InChI is InChI=1S/C25H26ClN7O/c1-33-11-10-18-19(6-3-7-22(18)33)23-20(26)14-29-25(32-23)31-17-5-2-4-16(12-17)30-24(34)21-9-8-15(27)13-28-21/h3,6-11,13-14,16-17H,2,4-5,12,27H2,1H3,(H,30,34)(H,29,31,32)/t16-,17+/m0/s1. The summed E-state index contributed by atoms with van der Waals surface area (Å²) in [5.74, 6) is 0.344. The Morgan fingerprint density at radius 2 is 1.97 bits per heavy atom. The summed E-state index contributed by atoms with van der Waals surface area (Å²) >= 11 is 6.51. The summed E-state index contributed by atoms with van der Waals surface area (Å²) in [6, 6.07) is 11.7. The lowest BCUT2D eigenvalue weighted by molar-refractivity contribution is 0.0921. The number of nitrogens with zero attached hydrogens (tertiary/aromatic N) is 4. The van der Waals surface area contributed by atoms with Gasteiger partial charge in [-0.2, -0.15) is 0 Å². The molecular weight excluding hydrogens is 450 g/mol. The zero-order chi connectivity index (χ0) is 23.7. The Bertz CT molecular complexity index is 1340. The van der Waals surface area contributed by atoms with Crippen molar-refractivity contribution < 1.29 is 4.79 Å². The van der Waals surface area contributed by atoms with Crippen molar-refractivity contribution in [1.29, 1.82) is 0 Å². The second-order valence-corrected chi connectivity index (χ2v) is 9.12. The molecule has 174 valence electrons. The Morgan fingerprint density at radius 3 is 2.79 bits per heavy atom. The predicted octanol–water partition coefficient (Wildman–Crippen LogP) is 4.42. The second kappa shape index (κ2) is 9.30. The van der Waals surface area contributed by atoms with E-state index in [-0.39, 0.29) is 18.0 Å². The Balaban J connectivity index is 1.30. The number of nitrogens with one attached hydrogen (secondary N) is 2. The molecule has 5 rings (SSSR count). The highest BCUT2D eigenvalue weighted by molar-refractivity contribution is 6.33. The van der Waals surface area contributed by atoms with E-state index in [0.717, 1.165) is 42.1 Å². The van der Waals surface area contributed by atoms with Crippen molar-refractivity contribution in [2.45, 2.75) is 37.8 Å². The van der Waals surface area contributed by atoms with E-state index in [2.05, 4.69) is 37.3 Å². The molecule has 4 aromatic rings. The number of halogens is 1. The second-order valence-electron chi connectivity index (χ2n) is 8.71. The molecule has 9 heteroatoms. The molecule has 0 radical (unpaired) electrons. The van der Waals surface area contributed by atoms with Gasteiger partial charge in [-0.05, 0) is 49.9 Å². The first-order valence-electron chi connectivity index (χ1n) is 11.3. The maximum absolute atomic E-state index is 12.6. The van der Waals surface area contributed by atoms with Gasteiger partial charge in [0, 0.05) is 41.8 Å². The number of rotatable bonds is 5. The zero-order valence-electron chi connectivity index (χ0n) is 18.8. The minimum absolute atomic E-state index is 0.0444. The van der Waals surface area contributed by atoms with E-state index in [1.807, 2.05) is 25.4 Å². The predicted molar refractivity (Wildman–Crippen MR) is 135 cm³/mol. The van der Waals surface area contributed by atoms with Gasteiger partial charge in [-0.1, -0.05) is 23.7 Å². The molecule has 1 fully saturated rings. The number of fused-ring (bicyclic) bond motifs is 1. The molecule has 4 N–H and O–H groups in total. The van der Waals surface area contributed by atoms with E-state index in [4.69, 9.17) is 22.3 Å². The first kappa shape index (κ1) is 22.2. The number of aromatic nitrogens is 4. The maximum atomic E-state index is 12.6. The first-order valence-corrected chi connectivity index (χ1v) is 11.7. The van der Waals surface area contributed by atoms with Gasteiger partial charge in [-0.25, -0.2) is 15.0 Å². The van der Waals surface area contributed by atoms with Crippen molar-refractivity contribution in [3.8, 4) is 11.3 Å². The third kappa shape index (κ3) is 4.54. The number of hydrogen-bond acceptors (Lipinski definition) is 6. The molecule has 1 amide bonds. The van der Waals surface area contributed by atoms with Crippen LogP contribution in [-0.4, -0.2) is 37.5 Å². The molecule has 1 aliphatic carbocycles. The molecule has 34 heavy (non-hydrogen) atoms. The number of pyridine rings is 1. The summed E-state index contributed by atoms with van der Waals surface area (Å²) in [7, 11) is 2.02. The maximum Gasteiger partial charge on any atom is 0.270 e. The molecule has 3 aromatic heterocycles. The summed E-state index contributed by atoms with van der Waals surface area (Å²) in [4.78, 5) is 25.9. The van der Waals surface area contributed by atoms with Crippen LogP contribution in [0.4, 0.5) is 11.6 Å². The number of aryl methyl sites for hydroxylation is 1. The monoisotopic (exact) mass is 475 g/mol. The van der Waals surface area contributed by atoms with Crippen LogP contribution in [0.1, 0.15) is 36.2 Å². The molecule has 0 bridgehead atoms. The van der Waals surface area contributed by atoms with Crippen molar-refractivity contribution in [2.24, 2.45) is 7.05 Å². The number of carbonyl (C=O) groups excluding carboxylic acids is 1. The zero-order valence-corrected chi connectivity index (χ0v) is 19.6. The average molecular weight is 476 g/mol. The summed E-state index contributed by atoms with van der Waals surface area (Å²) in [5.41, 5.74) is 9.35. The van der Waals surface area contributed by atoms with Gasteiger partial charge in [-0.3, -0.25) is 4.79 Å². The fourth-order valence-electron chi connectivity index (χ4n) is 4.57. The number of carbonyl (C=O) groups is 1. The highest BCUT2D eigenvalue weighted by Crippen LogP contribution is 2.33. The van der Waals surface area contributed by atoms with Gasteiger partial charge in [0.05, 0.1) is 28.8 Å². The van der Waals surface area contributed by atoms with Crippen LogP contribution >= 0.6 is 11.6 Å². The Hall–Kier alpha value is -3.65. The molecule has 1 aromatic carbocycles. The molecule has 0 saturated heterocycles. The molecule has 0 spiro atoms. The van der Waals surface area contributed by atoms with Crippen molar-refractivity contribution in [3.05, 3.63) is 65.7 Å². The van der Waals surface area contributed by atoms with E-state index >= 15 is 0 Å². The molecular formula is C25H26ClN7O. The first-order chi connectivity index (χ1) is 16.5. The Labute approximate surface area is 202 Å². The van der Waals surface area contributed by atoms with Crippen LogP contribution in [0.5, 0.6) is 0 Å². The number of amides is 1. The van der Waals surface area contributed by atoms with Crippen LogP contribution in [0.2, 0.25) is 5.02 Å². The third-order valence-electron chi connectivity index (χ3n) is 6.29. The van der Waals surface area contributed by atoms with E-state index in [1.165, 1.54) is 6.20 Å². The van der Waals surface area contributed by atoms with Crippen LogP contribution < -0.4 is 16.4 Å². The quantitative estimate of drug-likeness (QED) is 0.394. The number of nitrogen functional groups attached to an aromatic ring is 1. The lowest BCUT2D eigenvalue weighted by Crippen LogP contribution is -2.42. The highest BCUT2D eigenvalue weighted by Gasteiger charge is 2.25. The van der Waals surface area contributed by atoms with Crippen LogP contribution in [0, 0.1) is 0 Å². The molecule has 0 unspecified atom stereocenters. The van der Waals surface area contributed by atoms with Gasteiger partial charge in [0.2, 0.25) is 5.95 Å². The van der Waals surface area contributed by atoms with E-state index in [9.17, 15) is 4.79 Å². The average Bonchev–Trinajstić information content (AvgIpc) is 3.22. The SMILES string of the molecule is Cn1ccc2c(-c3nc(N[C@@H]4CCC[C@H](NC(=O)c5ccc(N)cn5)C4)ncc3Cl)cccc21. The summed E-state index contributed by atoms with van der Waals surface area (Å²) < 4.78 is 2.07. The van der Waals surface area contributed by atoms with E-state index in [1.54, 1.807) is 18.3 Å². The molecule has 3 heterocycles. The third-order valence-corrected chi connectivity index (χ3v) is 6.57. The van der Waals surface area contributed by atoms with Crippen LogP contribution in [0.3, 0.4) is 0 Å². The van der Waals surface area contributed by atoms with Crippen LogP contribution in [-0.2, 0) is 7.05 Å². The minimum atomic E-state index is -0.188. The molecule has 1 saturated carbocycles. The van der Waals surface area contributed by atoms with E-state index in [0.29, 0.717) is 28.0 Å². The van der Waals surface area contributed by atoms with Crippen molar-refractivity contribution >= 4 is 40.0 Å². The minimum Gasteiger partial charge on any atom is -0.397 e. The number of nitrogens with two attached hydrogens (primary N) is 1. The molecule has 2 atom stereocenters. The number of hydrogen-bond donors (Lipinski definition) is 3.